The number of carbonyl (C=O) groups excluding carboxylic acids is 1. The maximum absolute atomic E-state index is 11.3. The first kappa shape index (κ1) is 13.9. The van der Waals surface area contributed by atoms with E-state index in [1.807, 2.05) is 0 Å². The number of carbonyl (C=O) groups is 2. The highest BCUT2D eigenvalue weighted by Crippen LogP contribution is 2.06. The lowest BCUT2D eigenvalue weighted by Gasteiger charge is -2.18. The van der Waals surface area contributed by atoms with Crippen LogP contribution < -0.4 is 5.43 Å². The van der Waals surface area contributed by atoms with Crippen LogP contribution in [-0.4, -0.2) is 34.8 Å². The van der Waals surface area contributed by atoms with Gasteiger partial charge in [0.1, 0.15) is 11.5 Å². The van der Waals surface area contributed by atoms with Crippen molar-refractivity contribution < 1.29 is 19.4 Å². The maximum atomic E-state index is 11.3. The van der Waals surface area contributed by atoms with Crippen LogP contribution in [0.25, 0.3) is 0 Å². The highest BCUT2D eigenvalue weighted by molar-refractivity contribution is 6.06. The van der Waals surface area contributed by atoms with E-state index in [9.17, 15) is 9.59 Å². The van der Waals surface area contributed by atoms with Gasteiger partial charge in [-0.3, -0.25) is 4.79 Å². The number of hydrogen-bond acceptors (Lipinski definition) is 4. The van der Waals surface area contributed by atoms with Crippen LogP contribution >= 0.6 is 0 Å². The number of carboxylic acid groups (broad SMARTS) is 1. The van der Waals surface area contributed by atoms with Crippen molar-refractivity contribution in [2.24, 2.45) is 16.0 Å². The third-order valence-electron chi connectivity index (χ3n) is 1.77. The minimum absolute atomic E-state index is 0.207. The summed E-state index contributed by atoms with van der Waals surface area (Å²) in [5.74, 6) is -1.54. The predicted octanol–water partition coefficient (Wildman–Crippen LogP) is 1.17. The van der Waals surface area contributed by atoms with E-state index in [0.717, 1.165) is 0 Å². The quantitative estimate of drug-likeness (QED) is 0.721. The molecule has 98 valence electrons. The first-order valence-corrected chi connectivity index (χ1v) is 5.30. The molecule has 1 rings (SSSR count). The molecule has 0 bridgehead atoms. The molecule has 2 N–H and O–H groups in total. The van der Waals surface area contributed by atoms with Gasteiger partial charge in [0.2, 0.25) is 0 Å². The van der Waals surface area contributed by atoms with Crippen LogP contribution in [0.2, 0.25) is 0 Å². The number of nitrogens with zero attached hydrogens (tertiary/aromatic N) is 2. The monoisotopic (exact) mass is 253 g/mol. The van der Waals surface area contributed by atoms with Gasteiger partial charge in [-0.15, -0.1) is 0 Å². The number of aliphatic imine (C=N–C) groups is 1. The number of amides is 1. The molecule has 1 aliphatic heterocycles. The minimum Gasteiger partial charge on any atom is -0.481 e. The summed E-state index contributed by atoms with van der Waals surface area (Å²) in [5, 5.41) is 12.4. The van der Waals surface area contributed by atoms with Crippen LogP contribution in [0.3, 0.4) is 0 Å². The summed E-state index contributed by atoms with van der Waals surface area (Å²) in [7, 11) is 0. The van der Waals surface area contributed by atoms with Crippen molar-refractivity contribution in [3.05, 3.63) is 12.2 Å². The number of dihydropyridines is 1. The third-order valence-corrected chi connectivity index (χ3v) is 1.77. The van der Waals surface area contributed by atoms with Crippen LogP contribution in [0.5, 0.6) is 0 Å². The fourth-order valence-electron chi connectivity index (χ4n) is 1.06. The summed E-state index contributed by atoms with van der Waals surface area (Å²) in [6.45, 7) is 5.20. The Morgan fingerprint density at radius 2 is 2.17 bits per heavy atom. The van der Waals surface area contributed by atoms with E-state index >= 15 is 0 Å². The highest BCUT2D eigenvalue weighted by Gasteiger charge is 2.17. The van der Waals surface area contributed by atoms with E-state index in [-0.39, 0.29) is 5.84 Å². The summed E-state index contributed by atoms with van der Waals surface area (Å²) in [4.78, 5) is 25.7. The number of nitrogens with one attached hydrogen (secondary N) is 1. The second kappa shape index (κ2) is 5.44. The largest absolute Gasteiger partial charge is 0.481 e. The smallest absolute Gasteiger partial charge is 0.428 e. The standard InChI is InChI=1S/C11H15N3O4/c1-11(2,3)18-10(17)14-13-8-5-4-7(6-12-8)9(15)16/h4-7H,1-3H3,(H,14,17)(H,15,16)/b13-8-. The maximum Gasteiger partial charge on any atom is 0.428 e. The molecule has 1 heterocycles. The normalized spacial score (nSPS) is 20.8. The fourth-order valence-corrected chi connectivity index (χ4v) is 1.06. The third kappa shape index (κ3) is 4.77. The zero-order chi connectivity index (χ0) is 13.8. The number of hydrazone groups is 1. The molecular weight excluding hydrogens is 238 g/mol. The SMILES string of the molecule is CC(C)(C)OC(=O)N/N=C1/C=CC(C(=O)O)C=N1. The Labute approximate surface area is 104 Å². The molecule has 18 heavy (non-hydrogen) atoms. The van der Waals surface area contributed by atoms with Crippen LogP contribution in [0, 0.1) is 5.92 Å². The van der Waals surface area contributed by atoms with E-state index in [2.05, 4.69) is 15.5 Å². The Hall–Kier alpha value is -2.18. The molecule has 0 fully saturated rings. The van der Waals surface area contributed by atoms with Gasteiger partial charge in [0.25, 0.3) is 0 Å². The number of aliphatic carboxylic acids is 1. The highest BCUT2D eigenvalue weighted by atomic mass is 16.6. The van der Waals surface area contributed by atoms with Crippen LogP contribution in [-0.2, 0) is 9.53 Å². The first-order chi connectivity index (χ1) is 8.28. The topological polar surface area (TPSA) is 100 Å². The Morgan fingerprint density at radius 3 is 2.61 bits per heavy atom. The van der Waals surface area contributed by atoms with Crippen molar-refractivity contribution in [2.75, 3.05) is 0 Å². The molecule has 0 saturated carbocycles. The molecule has 0 aromatic rings. The average Bonchev–Trinajstić information content (AvgIpc) is 2.24. The van der Waals surface area contributed by atoms with Crippen molar-refractivity contribution in [2.45, 2.75) is 26.4 Å². The van der Waals surface area contributed by atoms with Gasteiger partial charge in [-0.05, 0) is 26.8 Å². The Bertz CT molecular complexity index is 416. The zero-order valence-corrected chi connectivity index (χ0v) is 10.4. The van der Waals surface area contributed by atoms with Gasteiger partial charge in [0.05, 0.1) is 0 Å². The van der Waals surface area contributed by atoms with Gasteiger partial charge in [-0.1, -0.05) is 6.08 Å². The molecule has 0 aromatic carbocycles. The number of rotatable bonds is 2. The van der Waals surface area contributed by atoms with Crippen molar-refractivity contribution in [1.29, 1.82) is 0 Å². The Morgan fingerprint density at radius 1 is 1.50 bits per heavy atom. The lowest BCUT2D eigenvalue weighted by atomic mass is 10.1. The van der Waals surface area contributed by atoms with Crippen LogP contribution in [0.1, 0.15) is 20.8 Å². The number of ether oxygens (including phenoxy) is 1. The summed E-state index contributed by atoms with van der Waals surface area (Å²) in [5.41, 5.74) is 1.56. The summed E-state index contributed by atoms with van der Waals surface area (Å²) in [6, 6.07) is 0. The van der Waals surface area contributed by atoms with Crippen LogP contribution in [0.4, 0.5) is 4.79 Å². The first-order valence-electron chi connectivity index (χ1n) is 5.30. The second-order valence-corrected chi connectivity index (χ2v) is 4.59. The van der Waals surface area contributed by atoms with E-state index < -0.39 is 23.6 Å². The molecule has 0 saturated heterocycles. The van der Waals surface area contributed by atoms with Crippen molar-refractivity contribution in [3.63, 3.8) is 0 Å². The molecule has 0 aromatic heterocycles. The van der Waals surface area contributed by atoms with Gasteiger partial charge in [0, 0.05) is 6.21 Å². The molecule has 1 aliphatic rings. The van der Waals surface area contributed by atoms with Gasteiger partial charge >= 0.3 is 12.1 Å². The number of hydrogen-bond donors (Lipinski definition) is 2. The zero-order valence-electron chi connectivity index (χ0n) is 10.4. The van der Waals surface area contributed by atoms with E-state index in [1.165, 1.54) is 18.4 Å². The van der Waals surface area contributed by atoms with Crippen LogP contribution in [0.15, 0.2) is 22.2 Å². The Kier molecular flexibility index (Phi) is 4.19. The molecule has 1 amide bonds. The van der Waals surface area contributed by atoms with Crippen molar-refractivity contribution in [3.8, 4) is 0 Å². The second-order valence-electron chi connectivity index (χ2n) is 4.59. The average molecular weight is 253 g/mol. The molecule has 7 nitrogen and oxygen atoms in total. The van der Waals surface area contributed by atoms with Crippen molar-refractivity contribution in [1.82, 2.24) is 5.43 Å². The molecule has 0 aliphatic carbocycles. The van der Waals surface area contributed by atoms with Gasteiger partial charge in [0.15, 0.2) is 5.84 Å². The minimum atomic E-state index is -0.992. The van der Waals surface area contributed by atoms with Gasteiger partial charge in [-0.25, -0.2) is 15.2 Å². The lowest BCUT2D eigenvalue weighted by Crippen LogP contribution is -2.30. The molecule has 1 unspecified atom stereocenters. The fraction of sp³-hybridized carbons (Fsp3) is 0.455. The Balaban J connectivity index is 2.51. The number of amidine groups is 1. The summed E-state index contributed by atoms with van der Waals surface area (Å²) >= 11 is 0. The molecule has 0 spiro atoms. The van der Waals surface area contributed by atoms with Gasteiger partial charge < -0.3 is 9.84 Å². The molecule has 1 atom stereocenters. The predicted molar refractivity (Wildman–Crippen MR) is 65.6 cm³/mol. The van der Waals surface area contributed by atoms with Crippen molar-refractivity contribution >= 4 is 24.1 Å². The molecule has 7 heteroatoms. The van der Waals surface area contributed by atoms with E-state index in [0.29, 0.717) is 0 Å². The summed E-state index contributed by atoms with van der Waals surface area (Å²) < 4.78 is 4.96. The van der Waals surface area contributed by atoms with Gasteiger partial charge in [-0.2, -0.15) is 5.10 Å². The van der Waals surface area contributed by atoms with E-state index in [4.69, 9.17) is 9.84 Å². The lowest BCUT2D eigenvalue weighted by molar-refractivity contribution is -0.137. The molecular formula is C11H15N3O4. The number of carboxylic acids is 1. The van der Waals surface area contributed by atoms with E-state index in [1.54, 1.807) is 20.8 Å². The molecule has 0 radical (unpaired) electrons. The summed E-state index contributed by atoms with van der Waals surface area (Å²) in [6.07, 6.45) is 3.37.